The molecule has 0 fully saturated rings. The third kappa shape index (κ3) is 2.61. The van der Waals surface area contributed by atoms with Crippen molar-refractivity contribution in [2.24, 2.45) is 0 Å². The van der Waals surface area contributed by atoms with Crippen molar-refractivity contribution in [3.8, 4) is 5.69 Å². The van der Waals surface area contributed by atoms with E-state index < -0.39 is 0 Å². The Morgan fingerprint density at radius 3 is 3.00 bits per heavy atom. The van der Waals surface area contributed by atoms with Crippen molar-refractivity contribution in [1.29, 1.82) is 0 Å². The Morgan fingerprint density at radius 1 is 1.32 bits per heavy atom. The van der Waals surface area contributed by atoms with Crippen molar-refractivity contribution in [1.82, 2.24) is 19.7 Å². The quantitative estimate of drug-likeness (QED) is 0.768. The molecule has 2 heterocycles. The Morgan fingerprint density at radius 2 is 2.26 bits per heavy atom. The topological polar surface area (TPSA) is 58.5 Å². The zero-order chi connectivity index (χ0) is 13.1. The molecule has 96 valence electrons. The van der Waals surface area contributed by atoms with Crippen molar-refractivity contribution in [2.45, 2.75) is 6.54 Å². The van der Waals surface area contributed by atoms with Gasteiger partial charge in [-0.15, -0.1) is 0 Å². The molecule has 19 heavy (non-hydrogen) atoms. The smallest absolute Gasteiger partial charge is 0.138 e. The first-order valence-electron chi connectivity index (χ1n) is 5.83. The van der Waals surface area contributed by atoms with Gasteiger partial charge in [0.05, 0.1) is 11.4 Å². The second-order valence-corrected chi connectivity index (χ2v) is 4.51. The van der Waals surface area contributed by atoms with E-state index >= 15 is 0 Å². The summed E-state index contributed by atoms with van der Waals surface area (Å²) < 4.78 is 1.70. The maximum atomic E-state index is 6.05. The maximum Gasteiger partial charge on any atom is 0.138 e. The van der Waals surface area contributed by atoms with Crippen molar-refractivity contribution in [3.05, 3.63) is 59.9 Å². The Kier molecular flexibility index (Phi) is 3.20. The van der Waals surface area contributed by atoms with E-state index in [1.807, 2.05) is 36.7 Å². The lowest BCUT2D eigenvalue weighted by molar-refractivity contribution is 0.878. The molecular formula is C13H12ClN5. The SMILES string of the molecule is Clc1ccc(-n2cncn2)c(NCc2cc[nH]c2)c1. The Balaban J connectivity index is 1.88. The van der Waals surface area contributed by atoms with Gasteiger partial charge in [0.1, 0.15) is 12.7 Å². The predicted octanol–water partition coefficient (Wildman–Crippen LogP) is 2.86. The normalized spacial score (nSPS) is 10.6. The maximum absolute atomic E-state index is 6.05. The van der Waals surface area contributed by atoms with Crippen LogP contribution in [-0.2, 0) is 6.54 Å². The molecule has 1 aromatic carbocycles. The lowest BCUT2D eigenvalue weighted by Crippen LogP contribution is -2.04. The van der Waals surface area contributed by atoms with E-state index in [2.05, 4.69) is 20.4 Å². The third-order valence-electron chi connectivity index (χ3n) is 2.77. The van der Waals surface area contributed by atoms with Crippen molar-refractivity contribution in [3.63, 3.8) is 0 Å². The molecule has 2 N–H and O–H groups in total. The molecule has 0 bridgehead atoms. The van der Waals surface area contributed by atoms with Crippen LogP contribution in [0.25, 0.3) is 5.69 Å². The molecule has 3 aromatic rings. The highest BCUT2D eigenvalue weighted by atomic mass is 35.5. The average molecular weight is 274 g/mol. The van der Waals surface area contributed by atoms with E-state index in [0.29, 0.717) is 11.6 Å². The number of H-pyrrole nitrogens is 1. The number of hydrogen-bond acceptors (Lipinski definition) is 3. The van der Waals surface area contributed by atoms with Gasteiger partial charge in [0.15, 0.2) is 0 Å². The van der Waals surface area contributed by atoms with Crippen LogP contribution in [-0.4, -0.2) is 19.7 Å². The molecule has 0 aliphatic heterocycles. The van der Waals surface area contributed by atoms with E-state index in [4.69, 9.17) is 11.6 Å². The molecule has 0 unspecified atom stereocenters. The number of hydrogen-bond donors (Lipinski definition) is 2. The first-order valence-corrected chi connectivity index (χ1v) is 6.21. The zero-order valence-corrected chi connectivity index (χ0v) is 10.8. The van der Waals surface area contributed by atoms with Crippen LogP contribution in [0.5, 0.6) is 0 Å². The molecule has 2 aromatic heterocycles. The highest BCUT2D eigenvalue weighted by molar-refractivity contribution is 6.31. The summed E-state index contributed by atoms with van der Waals surface area (Å²) >= 11 is 6.05. The number of anilines is 1. The number of halogens is 1. The summed E-state index contributed by atoms with van der Waals surface area (Å²) in [5.74, 6) is 0. The van der Waals surface area contributed by atoms with Gasteiger partial charge in [-0.1, -0.05) is 11.6 Å². The predicted molar refractivity (Wildman–Crippen MR) is 74.5 cm³/mol. The fourth-order valence-corrected chi connectivity index (χ4v) is 2.02. The van der Waals surface area contributed by atoms with Crippen LogP contribution in [0.1, 0.15) is 5.56 Å². The van der Waals surface area contributed by atoms with Crippen molar-refractivity contribution in [2.75, 3.05) is 5.32 Å². The lowest BCUT2D eigenvalue weighted by atomic mass is 10.2. The summed E-state index contributed by atoms with van der Waals surface area (Å²) in [5, 5.41) is 8.17. The van der Waals surface area contributed by atoms with Gasteiger partial charge in [-0.05, 0) is 29.8 Å². The zero-order valence-electron chi connectivity index (χ0n) is 10.0. The highest BCUT2D eigenvalue weighted by Crippen LogP contribution is 2.24. The van der Waals surface area contributed by atoms with Crippen LogP contribution >= 0.6 is 11.6 Å². The third-order valence-corrected chi connectivity index (χ3v) is 3.00. The van der Waals surface area contributed by atoms with Crippen LogP contribution in [0.2, 0.25) is 5.02 Å². The molecule has 0 aliphatic carbocycles. The lowest BCUT2D eigenvalue weighted by Gasteiger charge is -2.11. The molecule has 3 rings (SSSR count). The molecule has 0 aliphatic rings. The molecule has 5 nitrogen and oxygen atoms in total. The Labute approximate surface area is 115 Å². The number of benzene rings is 1. The minimum Gasteiger partial charge on any atom is -0.379 e. The standard InChI is InChI=1S/C13H12ClN5/c14-11-1-2-13(19-9-16-8-18-19)12(5-11)17-7-10-3-4-15-6-10/h1-6,8-9,15,17H,7H2. The largest absolute Gasteiger partial charge is 0.379 e. The summed E-state index contributed by atoms with van der Waals surface area (Å²) in [4.78, 5) is 6.98. The molecule has 0 saturated carbocycles. The van der Waals surface area contributed by atoms with Gasteiger partial charge in [-0.3, -0.25) is 0 Å². The van der Waals surface area contributed by atoms with E-state index in [9.17, 15) is 0 Å². The minimum absolute atomic E-state index is 0.681. The van der Waals surface area contributed by atoms with E-state index in [1.54, 1.807) is 11.0 Å². The van der Waals surface area contributed by atoms with Gasteiger partial charge in [0.2, 0.25) is 0 Å². The van der Waals surface area contributed by atoms with Crippen molar-refractivity contribution < 1.29 is 0 Å². The molecule has 0 atom stereocenters. The first-order chi connectivity index (χ1) is 9.33. The second-order valence-electron chi connectivity index (χ2n) is 4.07. The fraction of sp³-hybridized carbons (Fsp3) is 0.0769. The summed E-state index contributed by atoms with van der Waals surface area (Å²) in [7, 11) is 0. The summed E-state index contributed by atoms with van der Waals surface area (Å²) in [6.07, 6.45) is 7.01. The summed E-state index contributed by atoms with van der Waals surface area (Å²) in [5.41, 5.74) is 3.00. The minimum atomic E-state index is 0.681. The van der Waals surface area contributed by atoms with Crippen LogP contribution in [0.15, 0.2) is 49.3 Å². The van der Waals surface area contributed by atoms with Gasteiger partial charge >= 0.3 is 0 Å². The van der Waals surface area contributed by atoms with Crippen molar-refractivity contribution >= 4 is 17.3 Å². The second kappa shape index (κ2) is 5.16. The molecule has 0 amide bonds. The molecule has 0 radical (unpaired) electrons. The number of nitrogens with one attached hydrogen (secondary N) is 2. The van der Waals surface area contributed by atoms with E-state index in [1.165, 1.54) is 11.9 Å². The Bertz CT molecular complexity index is 646. The number of aromatic amines is 1. The molecular weight excluding hydrogens is 262 g/mol. The van der Waals surface area contributed by atoms with E-state index in [0.717, 1.165) is 11.4 Å². The van der Waals surface area contributed by atoms with Gasteiger partial charge < -0.3 is 10.3 Å². The monoisotopic (exact) mass is 273 g/mol. The van der Waals surface area contributed by atoms with Gasteiger partial charge in [0.25, 0.3) is 0 Å². The van der Waals surface area contributed by atoms with Crippen LogP contribution in [0.3, 0.4) is 0 Å². The van der Waals surface area contributed by atoms with Gasteiger partial charge in [-0.2, -0.15) is 5.10 Å². The summed E-state index contributed by atoms with van der Waals surface area (Å²) in [6.45, 7) is 0.714. The fourth-order valence-electron chi connectivity index (χ4n) is 1.85. The number of aromatic nitrogens is 4. The molecule has 0 saturated heterocycles. The first kappa shape index (κ1) is 11.8. The van der Waals surface area contributed by atoms with Crippen LogP contribution in [0.4, 0.5) is 5.69 Å². The molecule has 6 heteroatoms. The summed E-state index contributed by atoms with van der Waals surface area (Å²) in [6, 6.07) is 7.65. The average Bonchev–Trinajstić information content (AvgIpc) is 3.10. The Hall–Kier alpha value is -2.27. The highest BCUT2D eigenvalue weighted by Gasteiger charge is 2.06. The number of nitrogens with zero attached hydrogens (tertiary/aromatic N) is 3. The van der Waals surface area contributed by atoms with Gasteiger partial charge in [-0.25, -0.2) is 9.67 Å². The molecule has 0 spiro atoms. The number of rotatable bonds is 4. The van der Waals surface area contributed by atoms with E-state index in [-0.39, 0.29) is 0 Å². The van der Waals surface area contributed by atoms with Crippen LogP contribution < -0.4 is 5.32 Å². The van der Waals surface area contributed by atoms with Crippen LogP contribution in [0, 0.1) is 0 Å². The van der Waals surface area contributed by atoms with Gasteiger partial charge in [0, 0.05) is 24.0 Å².